The smallest absolute Gasteiger partial charge is 0.243 e. The zero-order chi connectivity index (χ0) is 21.4. The Balaban J connectivity index is 1.95. The number of nitrogens with zero attached hydrogens (tertiary/aromatic N) is 1. The Kier molecular flexibility index (Phi) is 8.37. The number of hydrogen-bond acceptors (Lipinski definition) is 4. The number of carbonyl (C=O) groups is 1. The summed E-state index contributed by atoms with van der Waals surface area (Å²) in [6, 6.07) is 14.5. The van der Waals surface area contributed by atoms with E-state index in [0.717, 1.165) is 17.7 Å². The molecule has 158 valence electrons. The maximum absolute atomic E-state index is 12.6. The number of hydrogen-bond donors (Lipinski definition) is 2. The molecule has 1 amide bonds. The zero-order valence-corrected chi connectivity index (χ0v) is 18.4. The lowest BCUT2D eigenvalue weighted by Gasteiger charge is -2.19. The van der Waals surface area contributed by atoms with Crippen molar-refractivity contribution in [3.63, 3.8) is 0 Å². The molecule has 0 bridgehead atoms. The van der Waals surface area contributed by atoms with Gasteiger partial charge in [0.2, 0.25) is 15.9 Å². The Morgan fingerprint density at radius 1 is 1.03 bits per heavy atom. The number of carbonyl (C=O) groups excluding carboxylic acids is 1. The number of aryl methyl sites for hydroxylation is 1. The van der Waals surface area contributed by atoms with E-state index in [-0.39, 0.29) is 23.4 Å². The molecule has 0 radical (unpaired) electrons. The van der Waals surface area contributed by atoms with E-state index in [2.05, 4.69) is 17.6 Å². The number of benzene rings is 2. The van der Waals surface area contributed by atoms with Crippen molar-refractivity contribution < 1.29 is 13.2 Å². The highest BCUT2D eigenvalue weighted by atomic mass is 32.2. The zero-order valence-electron chi connectivity index (χ0n) is 17.6. The monoisotopic (exact) mass is 417 g/mol. The van der Waals surface area contributed by atoms with E-state index in [9.17, 15) is 13.2 Å². The molecule has 1 atom stereocenters. The van der Waals surface area contributed by atoms with Gasteiger partial charge in [-0.1, -0.05) is 45.0 Å². The first-order valence-electron chi connectivity index (χ1n) is 10.0. The van der Waals surface area contributed by atoms with E-state index >= 15 is 0 Å². The summed E-state index contributed by atoms with van der Waals surface area (Å²) in [6.07, 6.45) is 0.916. The highest BCUT2D eigenvalue weighted by Gasteiger charge is 2.21. The molecule has 2 rings (SSSR count). The molecule has 29 heavy (non-hydrogen) atoms. The maximum Gasteiger partial charge on any atom is 0.243 e. The van der Waals surface area contributed by atoms with Crippen molar-refractivity contribution in [2.24, 2.45) is 0 Å². The molecule has 0 unspecified atom stereocenters. The summed E-state index contributed by atoms with van der Waals surface area (Å²) in [4.78, 5) is 12.5. The van der Waals surface area contributed by atoms with E-state index in [4.69, 9.17) is 0 Å². The van der Waals surface area contributed by atoms with Crippen LogP contribution < -0.4 is 10.6 Å². The van der Waals surface area contributed by atoms with E-state index in [1.165, 1.54) is 9.87 Å². The molecule has 2 aromatic rings. The largest absolute Gasteiger partial charge is 0.325 e. The molecule has 2 N–H and O–H groups in total. The molecule has 6 nitrogen and oxygen atoms in total. The van der Waals surface area contributed by atoms with Crippen LogP contribution >= 0.6 is 0 Å². The third-order valence-electron chi connectivity index (χ3n) is 4.91. The summed E-state index contributed by atoms with van der Waals surface area (Å²) in [5, 5.41) is 6.07. The van der Waals surface area contributed by atoms with Crippen LogP contribution in [0.1, 0.15) is 44.9 Å². The molecule has 0 saturated heterocycles. The Hall–Kier alpha value is -2.22. The second kappa shape index (κ2) is 10.5. The minimum atomic E-state index is -3.46. The minimum Gasteiger partial charge on any atom is -0.325 e. The first-order valence-corrected chi connectivity index (χ1v) is 11.5. The van der Waals surface area contributed by atoms with Crippen molar-refractivity contribution >= 4 is 21.6 Å². The summed E-state index contributed by atoms with van der Waals surface area (Å²) in [6.45, 7) is 8.71. The standard InChI is InChI=1S/C22H31N3O3S/c1-5-18-9-8-10-20(15-18)24-22(26)16-23-17(4)19-11-13-21(14-12-19)29(27,28)25(6-2)7-3/h8-15,17,23H,5-7,16H2,1-4H3,(H,24,26)/t17-/m0/s1. The molecule has 0 aliphatic rings. The fourth-order valence-corrected chi connectivity index (χ4v) is 4.54. The van der Waals surface area contributed by atoms with Crippen LogP contribution in [0.15, 0.2) is 53.4 Å². The maximum atomic E-state index is 12.6. The molecular weight excluding hydrogens is 386 g/mol. The van der Waals surface area contributed by atoms with E-state index < -0.39 is 10.0 Å². The topological polar surface area (TPSA) is 78.5 Å². The van der Waals surface area contributed by atoms with Crippen molar-refractivity contribution in [1.29, 1.82) is 0 Å². The SMILES string of the molecule is CCc1cccc(NC(=O)CN[C@@H](C)c2ccc(S(=O)(=O)N(CC)CC)cc2)c1. The van der Waals surface area contributed by atoms with Crippen molar-refractivity contribution in [3.05, 3.63) is 59.7 Å². The fourth-order valence-electron chi connectivity index (χ4n) is 3.08. The van der Waals surface area contributed by atoms with Crippen LogP contribution in [0.4, 0.5) is 5.69 Å². The summed E-state index contributed by atoms with van der Waals surface area (Å²) in [5.74, 6) is -0.120. The van der Waals surface area contributed by atoms with Gasteiger partial charge in [0.25, 0.3) is 0 Å². The van der Waals surface area contributed by atoms with Gasteiger partial charge in [0, 0.05) is 24.8 Å². The van der Waals surface area contributed by atoms with E-state index in [1.807, 2.05) is 45.0 Å². The van der Waals surface area contributed by atoms with E-state index in [1.54, 1.807) is 24.3 Å². The van der Waals surface area contributed by atoms with E-state index in [0.29, 0.717) is 13.1 Å². The first kappa shape index (κ1) is 23.1. The molecule has 0 aromatic heterocycles. The highest BCUT2D eigenvalue weighted by molar-refractivity contribution is 7.89. The summed E-state index contributed by atoms with van der Waals surface area (Å²) in [5.41, 5.74) is 2.88. The van der Waals surface area contributed by atoms with Crippen LogP contribution in [0.5, 0.6) is 0 Å². The summed E-state index contributed by atoms with van der Waals surface area (Å²) >= 11 is 0. The number of amides is 1. The van der Waals surface area contributed by atoms with Gasteiger partial charge in [-0.2, -0.15) is 4.31 Å². The molecule has 0 aliphatic carbocycles. The average Bonchev–Trinajstić information content (AvgIpc) is 2.73. The van der Waals surface area contributed by atoms with Crippen LogP contribution in [-0.4, -0.2) is 38.3 Å². The van der Waals surface area contributed by atoms with Crippen molar-refractivity contribution in [2.75, 3.05) is 25.0 Å². The lowest BCUT2D eigenvalue weighted by atomic mass is 10.1. The van der Waals surface area contributed by atoms with Gasteiger partial charge in [-0.25, -0.2) is 8.42 Å². The average molecular weight is 418 g/mol. The Morgan fingerprint density at radius 3 is 2.28 bits per heavy atom. The number of sulfonamides is 1. The lowest BCUT2D eigenvalue weighted by Crippen LogP contribution is -2.31. The lowest BCUT2D eigenvalue weighted by molar-refractivity contribution is -0.115. The third-order valence-corrected chi connectivity index (χ3v) is 6.98. The number of rotatable bonds is 10. The molecule has 0 aliphatic heterocycles. The van der Waals surface area contributed by atoms with Crippen LogP contribution in [-0.2, 0) is 21.2 Å². The van der Waals surface area contributed by atoms with Crippen LogP contribution in [0.2, 0.25) is 0 Å². The number of anilines is 1. The van der Waals surface area contributed by atoms with Crippen molar-refractivity contribution in [1.82, 2.24) is 9.62 Å². The second-order valence-electron chi connectivity index (χ2n) is 6.86. The predicted octanol–water partition coefficient (Wildman–Crippen LogP) is 3.57. The quantitative estimate of drug-likeness (QED) is 0.619. The summed E-state index contributed by atoms with van der Waals surface area (Å²) in [7, 11) is -3.46. The highest BCUT2D eigenvalue weighted by Crippen LogP contribution is 2.19. The third kappa shape index (κ3) is 6.13. The Morgan fingerprint density at radius 2 is 1.69 bits per heavy atom. The van der Waals surface area contributed by atoms with Crippen molar-refractivity contribution in [3.8, 4) is 0 Å². The molecule has 0 heterocycles. The minimum absolute atomic E-state index is 0.0899. The Labute approximate surface area is 174 Å². The summed E-state index contributed by atoms with van der Waals surface area (Å²) < 4.78 is 26.6. The van der Waals surface area contributed by atoms with Crippen LogP contribution in [0.25, 0.3) is 0 Å². The van der Waals surface area contributed by atoms with Crippen LogP contribution in [0.3, 0.4) is 0 Å². The van der Waals surface area contributed by atoms with Gasteiger partial charge in [0.1, 0.15) is 0 Å². The molecular formula is C22H31N3O3S. The van der Waals surface area contributed by atoms with Gasteiger partial charge < -0.3 is 10.6 Å². The van der Waals surface area contributed by atoms with Gasteiger partial charge in [0.05, 0.1) is 11.4 Å². The predicted molar refractivity (Wildman–Crippen MR) is 117 cm³/mol. The second-order valence-corrected chi connectivity index (χ2v) is 8.80. The fraction of sp³-hybridized carbons (Fsp3) is 0.409. The van der Waals surface area contributed by atoms with Crippen LogP contribution in [0, 0.1) is 0 Å². The molecule has 7 heteroatoms. The van der Waals surface area contributed by atoms with Gasteiger partial charge in [-0.05, 0) is 48.7 Å². The normalized spacial score (nSPS) is 12.7. The molecule has 2 aromatic carbocycles. The first-order chi connectivity index (χ1) is 13.8. The molecule has 0 fully saturated rings. The van der Waals surface area contributed by atoms with Gasteiger partial charge >= 0.3 is 0 Å². The van der Waals surface area contributed by atoms with Gasteiger partial charge in [-0.3, -0.25) is 4.79 Å². The Bertz CT molecular complexity index is 907. The van der Waals surface area contributed by atoms with Gasteiger partial charge in [-0.15, -0.1) is 0 Å². The number of nitrogens with one attached hydrogen (secondary N) is 2. The van der Waals surface area contributed by atoms with Crippen molar-refractivity contribution in [2.45, 2.75) is 45.1 Å². The van der Waals surface area contributed by atoms with Gasteiger partial charge in [0.15, 0.2) is 0 Å². The molecule has 0 saturated carbocycles. The molecule has 0 spiro atoms.